The topological polar surface area (TPSA) is 162 Å². The molecule has 3 amide bonds. The van der Waals surface area contributed by atoms with Crippen molar-refractivity contribution in [3.8, 4) is 0 Å². The van der Waals surface area contributed by atoms with Gasteiger partial charge in [0.15, 0.2) is 0 Å². The molecule has 0 fully saturated rings. The van der Waals surface area contributed by atoms with E-state index in [1.54, 1.807) is 0 Å². The Morgan fingerprint density at radius 3 is 1.66 bits per heavy atom. The summed E-state index contributed by atoms with van der Waals surface area (Å²) in [5.74, 6) is -3.83. The molecule has 2 rings (SSSR count). The number of anilines is 1. The molecule has 10 heteroatoms. The second-order valence-corrected chi connectivity index (χ2v) is 12.1. The molecule has 47 heavy (non-hydrogen) atoms. The Bertz CT molecular complexity index is 1260. The van der Waals surface area contributed by atoms with E-state index in [0.717, 1.165) is 19.3 Å². The number of carboxylic acid groups (broad SMARTS) is 2. The highest BCUT2D eigenvalue weighted by atomic mass is 16.4. The first-order chi connectivity index (χ1) is 22.7. The summed E-state index contributed by atoms with van der Waals surface area (Å²) in [6, 6.07) is 10.4. The second-order valence-electron chi connectivity index (χ2n) is 12.1. The van der Waals surface area contributed by atoms with E-state index in [1.807, 2.05) is 0 Å². The smallest absolute Gasteiger partial charge is 0.335 e. The lowest BCUT2D eigenvalue weighted by atomic mass is 10.0. The second kappa shape index (κ2) is 23.2. The molecule has 0 aliphatic rings. The largest absolute Gasteiger partial charge is 0.481 e. The van der Waals surface area contributed by atoms with Gasteiger partial charge in [-0.2, -0.15) is 0 Å². The number of benzene rings is 2. The Hall–Kier alpha value is -4.21. The van der Waals surface area contributed by atoms with Crippen LogP contribution in [0.15, 0.2) is 48.5 Å². The molecule has 2 aromatic rings. The molecular formula is C37H53N3O7. The van der Waals surface area contributed by atoms with Crippen molar-refractivity contribution in [3.63, 3.8) is 0 Å². The van der Waals surface area contributed by atoms with Crippen molar-refractivity contribution < 1.29 is 34.2 Å². The number of carboxylic acids is 2. The summed E-state index contributed by atoms with van der Waals surface area (Å²) >= 11 is 0. The van der Waals surface area contributed by atoms with Crippen molar-refractivity contribution in [3.05, 3.63) is 65.2 Å². The molecule has 0 aromatic heterocycles. The predicted molar refractivity (Wildman–Crippen MR) is 184 cm³/mol. The van der Waals surface area contributed by atoms with Crippen LogP contribution in [0.3, 0.4) is 0 Å². The van der Waals surface area contributed by atoms with Gasteiger partial charge in [0.25, 0.3) is 11.8 Å². The molecule has 0 unspecified atom stereocenters. The van der Waals surface area contributed by atoms with Gasteiger partial charge in [-0.05, 0) is 55.3 Å². The molecule has 0 aliphatic heterocycles. The number of hydrogen-bond donors (Lipinski definition) is 5. The highest BCUT2D eigenvalue weighted by Crippen LogP contribution is 2.15. The third-order valence-corrected chi connectivity index (χ3v) is 8.12. The Morgan fingerprint density at radius 1 is 0.638 bits per heavy atom. The fourth-order valence-electron chi connectivity index (χ4n) is 5.31. The van der Waals surface area contributed by atoms with Crippen LogP contribution in [0.4, 0.5) is 5.69 Å². The first-order valence-electron chi connectivity index (χ1n) is 17.3. The minimum Gasteiger partial charge on any atom is -0.481 e. The van der Waals surface area contributed by atoms with E-state index in [9.17, 15) is 29.1 Å². The van der Waals surface area contributed by atoms with Crippen LogP contribution < -0.4 is 16.0 Å². The van der Waals surface area contributed by atoms with Crippen LogP contribution in [0.5, 0.6) is 0 Å². The normalized spacial score (nSPS) is 11.4. The Labute approximate surface area is 279 Å². The summed E-state index contributed by atoms with van der Waals surface area (Å²) < 4.78 is 0. The molecule has 5 N–H and O–H groups in total. The first-order valence-corrected chi connectivity index (χ1v) is 17.3. The van der Waals surface area contributed by atoms with E-state index in [0.29, 0.717) is 12.1 Å². The average molecular weight is 652 g/mol. The van der Waals surface area contributed by atoms with Crippen LogP contribution >= 0.6 is 0 Å². The minimum atomic E-state index is -1.19. The van der Waals surface area contributed by atoms with Crippen molar-refractivity contribution in [1.82, 2.24) is 10.6 Å². The quantitative estimate of drug-likeness (QED) is 0.0691. The Morgan fingerprint density at radius 2 is 1.15 bits per heavy atom. The summed E-state index contributed by atoms with van der Waals surface area (Å²) in [6.45, 7) is 2.83. The van der Waals surface area contributed by atoms with Crippen LogP contribution in [-0.2, 0) is 9.59 Å². The van der Waals surface area contributed by atoms with E-state index in [4.69, 9.17) is 5.11 Å². The third-order valence-electron chi connectivity index (χ3n) is 8.12. The Balaban J connectivity index is 1.69. The van der Waals surface area contributed by atoms with Gasteiger partial charge in [0, 0.05) is 29.8 Å². The lowest BCUT2D eigenvalue weighted by Gasteiger charge is -2.18. The number of aliphatic carboxylic acids is 1. The molecule has 1 atom stereocenters. The van der Waals surface area contributed by atoms with E-state index in [2.05, 4.69) is 22.9 Å². The van der Waals surface area contributed by atoms with E-state index < -0.39 is 29.8 Å². The van der Waals surface area contributed by atoms with Gasteiger partial charge < -0.3 is 26.2 Å². The lowest BCUT2D eigenvalue weighted by molar-refractivity contribution is -0.137. The zero-order valence-corrected chi connectivity index (χ0v) is 27.9. The summed E-state index contributed by atoms with van der Waals surface area (Å²) in [5.41, 5.74) is 0.767. The van der Waals surface area contributed by atoms with Crippen molar-refractivity contribution in [2.24, 2.45) is 0 Å². The molecule has 0 saturated heterocycles. The lowest BCUT2D eigenvalue weighted by Crippen LogP contribution is -2.44. The number of carbonyl (C=O) groups excluding carboxylic acids is 3. The number of hydrogen-bond acceptors (Lipinski definition) is 5. The van der Waals surface area contributed by atoms with Gasteiger partial charge in [-0.1, -0.05) is 103 Å². The van der Waals surface area contributed by atoms with E-state index in [-0.39, 0.29) is 35.6 Å². The van der Waals surface area contributed by atoms with Gasteiger partial charge in [0.2, 0.25) is 5.91 Å². The molecule has 0 radical (unpaired) electrons. The highest BCUT2D eigenvalue weighted by molar-refractivity contribution is 6.02. The number of carbonyl (C=O) groups is 5. The fourth-order valence-corrected chi connectivity index (χ4v) is 5.31. The van der Waals surface area contributed by atoms with Crippen molar-refractivity contribution >= 4 is 35.3 Å². The van der Waals surface area contributed by atoms with Crippen molar-refractivity contribution in [2.75, 3.05) is 11.9 Å². The number of aromatic carboxylic acids is 1. The Kier molecular flexibility index (Phi) is 19.2. The molecule has 0 saturated carbocycles. The van der Waals surface area contributed by atoms with Crippen LogP contribution in [0, 0.1) is 0 Å². The van der Waals surface area contributed by atoms with Crippen LogP contribution in [0.1, 0.15) is 147 Å². The zero-order valence-electron chi connectivity index (χ0n) is 27.9. The molecule has 0 heterocycles. The van der Waals surface area contributed by atoms with Crippen molar-refractivity contribution in [1.29, 1.82) is 0 Å². The summed E-state index contributed by atoms with van der Waals surface area (Å²) in [4.78, 5) is 60.7. The van der Waals surface area contributed by atoms with Crippen LogP contribution in [-0.4, -0.2) is 52.5 Å². The maximum Gasteiger partial charge on any atom is 0.335 e. The summed E-state index contributed by atoms with van der Waals surface area (Å²) in [5, 5.41) is 26.3. The minimum absolute atomic E-state index is 0.0344. The van der Waals surface area contributed by atoms with Gasteiger partial charge in [0.1, 0.15) is 6.04 Å². The summed E-state index contributed by atoms with van der Waals surface area (Å²) in [7, 11) is 0. The fraction of sp³-hybridized carbons (Fsp3) is 0.541. The van der Waals surface area contributed by atoms with Gasteiger partial charge in [-0.25, -0.2) is 4.79 Å². The molecule has 258 valence electrons. The number of unbranched alkanes of at least 4 members (excludes halogenated alkanes) is 14. The monoisotopic (exact) mass is 651 g/mol. The maximum atomic E-state index is 12.9. The third kappa shape index (κ3) is 16.8. The molecule has 10 nitrogen and oxygen atoms in total. The number of amides is 3. The van der Waals surface area contributed by atoms with Gasteiger partial charge in [-0.15, -0.1) is 0 Å². The molecule has 0 bridgehead atoms. The number of rotatable bonds is 25. The SMILES string of the molecule is CCCCCCCCCCCCCCCCCNC(=O)c1ccc(C(=O)N[C@H](CCC(=O)O)C(=O)Nc2cccc(C(=O)O)c2)cc1. The van der Waals surface area contributed by atoms with Crippen molar-refractivity contribution in [2.45, 2.75) is 122 Å². The van der Waals surface area contributed by atoms with Crippen LogP contribution in [0.2, 0.25) is 0 Å². The molecule has 0 spiro atoms. The predicted octanol–water partition coefficient (Wildman–Crippen LogP) is 7.59. The van der Waals surface area contributed by atoms with E-state index in [1.165, 1.54) is 126 Å². The van der Waals surface area contributed by atoms with E-state index >= 15 is 0 Å². The van der Waals surface area contributed by atoms with Gasteiger partial charge in [-0.3, -0.25) is 19.2 Å². The highest BCUT2D eigenvalue weighted by Gasteiger charge is 2.23. The molecule has 2 aromatic carbocycles. The van der Waals surface area contributed by atoms with Crippen LogP contribution in [0.25, 0.3) is 0 Å². The zero-order chi connectivity index (χ0) is 34.3. The van der Waals surface area contributed by atoms with Gasteiger partial charge >= 0.3 is 11.9 Å². The first kappa shape index (κ1) is 39.0. The molecular weight excluding hydrogens is 598 g/mol. The standard InChI is InChI=1S/C37H53N3O7/c1-2-3-4-5-6-7-8-9-10-11-12-13-14-15-16-26-38-34(43)28-20-22-29(23-21-28)35(44)40-32(24-25-33(41)42)36(45)39-31-19-17-18-30(27-31)37(46)47/h17-23,27,32H,2-16,24-26H2,1H3,(H,38,43)(H,39,45)(H,40,44)(H,41,42)(H,46,47)/t32-/m1/s1. The number of nitrogens with one attached hydrogen (secondary N) is 3. The summed E-state index contributed by atoms with van der Waals surface area (Å²) in [6.07, 6.45) is 18.7. The average Bonchev–Trinajstić information content (AvgIpc) is 3.06. The van der Waals surface area contributed by atoms with Gasteiger partial charge in [0.05, 0.1) is 5.56 Å². The molecule has 0 aliphatic carbocycles. The maximum absolute atomic E-state index is 12.9.